The summed E-state index contributed by atoms with van der Waals surface area (Å²) in [5.41, 5.74) is 6.20. The van der Waals surface area contributed by atoms with Crippen LogP contribution < -0.4 is 4.90 Å². The quantitative estimate of drug-likeness (QED) is 0.487. The average Bonchev–Trinajstić information content (AvgIpc) is 3.33. The molecule has 27 heavy (non-hydrogen) atoms. The van der Waals surface area contributed by atoms with Gasteiger partial charge in [-0.3, -0.25) is 0 Å². The zero-order valence-electron chi connectivity index (χ0n) is 14.4. The fraction of sp³-hybridized carbons (Fsp3) is 0.136. The highest BCUT2D eigenvalue weighted by atomic mass is 35.5. The fourth-order valence-electron chi connectivity index (χ4n) is 4.27. The largest absolute Gasteiger partial charge is 0.467 e. The number of anilines is 1. The minimum atomic E-state index is 0.0331. The van der Waals surface area contributed by atoms with Crippen LogP contribution in [0.15, 0.2) is 80.7 Å². The lowest BCUT2D eigenvalue weighted by Crippen LogP contribution is -2.35. The second kappa shape index (κ2) is 5.78. The Bertz CT molecular complexity index is 1130. The molecule has 0 N–H and O–H groups in total. The number of rotatable bonds is 1. The van der Waals surface area contributed by atoms with Crippen molar-refractivity contribution in [2.75, 3.05) is 4.90 Å². The zero-order valence-corrected chi connectivity index (χ0v) is 15.9. The lowest BCUT2D eigenvalue weighted by atomic mass is 9.84. The van der Waals surface area contributed by atoms with Crippen LogP contribution in [0.2, 0.25) is 5.02 Å². The highest BCUT2D eigenvalue weighted by Crippen LogP contribution is 2.53. The normalized spacial score (nSPS) is 20.0. The monoisotopic (exact) mass is 390 g/mol. The SMILES string of the molecule is Clc1ccc2c(c1)SC1=NC3=C(CCc4ccccc43)C(c3ccco3)N12. The number of thioether (sulfide) groups is 1. The van der Waals surface area contributed by atoms with Crippen LogP contribution >= 0.6 is 23.4 Å². The van der Waals surface area contributed by atoms with E-state index >= 15 is 0 Å². The molecule has 1 aromatic heterocycles. The summed E-state index contributed by atoms with van der Waals surface area (Å²) < 4.78 is 5.89. The van der Waals surface area contributed by atoms with Gasteiger partial charge in [0.25, 0.3) is 0 Å². The molecule has 3 heterocycles. The third-order valence-electron chi connectivity index (χ3n) is 5.44. The predicted molar refractivity (Wildman–Crippen MR) is 110 cm³/mol. The Balaban J connectivity index is 1.60. The van der Waals surface area contributed by atoms with E-state index in [1.165, 1.54) is 16.7 Å². The number of nitrogens with zero attached hydrogens (tertiary/aromatic N) is 2. The summed E-state index contributed by atoms with van der Waals surface area (Å²) in [7, 11) is 0. The van der Waals surface area contributed by atoms with Gasteiger partial charge in [-0.2, -0.15) is 0 Å². The number of benzene rings is 2. The van der Waals surface area contributed by atoms with Crippen LogP contribution in [0.5, 0.6) is 0 Å². The minimum absolute atomic E-state index is 0.0331. The molecule has 5 heteroatoms. The Hall–Kier alpha value is -2.43. The number of amidine groups is 1. The van der Waals surface area contributed by atoms with Crippen molar-refractivity contribution in [1.29, 1.82) is 0 Å². The molecule has 2 aromatic carbocycles. The van der Waals surface area contributed by atoms with Crippen molar-refractivity contribution >= 4 is 39.9 Å². The molecule has 3 aliphatic rings. The molecule has 0 bridgehead atoms. The number of fused-ring (bicyclic) bond motifs is 5. The van der Waals surface area contributed by atoms with Crippen LogP contribution in [0.1, 0.15) is 29.3 Å². The van der Waals surface area contributed by atoms with Gasteiger partial charge in [0.1, 0.15) is 11.8 Å². The summed E-state index contributed by atoms with van der Waals surface area (Å²) in [5.74, 6) is 0.956. The van der Waals surface area contributed by atoms with Crippen molar-refractivity contribution in [3.8, 4) is 0 Å². The number of hydrogen-bond acceptors (Lipinski definition) is 4. The molecule has 0 fully saturated rings. The summed E-state index contributed by atoms with van der Waals surface area (Å²) in [6.45, 7) is 0. The van der Waals surface area contributed by atoms with E-state index in [2.05, 4.69) is 41.3 Å². The summed E-state index contributed by atoms with van der Waals surface area (Å²) in [5, 5.41) is 1.74. The molecule has 1 unspecified atom stereocenters. The Morgan fingerprint density at radius 1 is 1.07 bits per heavy atom. The smallest absolute Gasteiger partial charge is 0.174 e. The van der Waals surface area contributed by atoms with Crippen molar-refractivity contribution in [3.63, 3.8) is 0 Å². The molecule has 0 radical (unpaired) electrons. The van der Waals surface area contributed by atoms with Gasteiger partial charge in [-0.25, -0.2) is 4.99 Å². The molecular weight excluding hydrogens is 376 g/mol. The summed E-state index contributed by atoms with van der Waals surface area (Å²) in [6.07, 6.45) is 3.77. The average molecular weight is 391 g/mol. The van der Waals surface area contributed by atoms with Crippen LogP contribution in [-0.4, -0.2) is 5.17 Å². The molecule has 0 amide bonds. The van der Waals surface area contributed by atoms with Gasteiger partial charge in [0.2, 0.25) is 0 Å². The van der Waals surface area contributed by atoms with Gasteiger partial charge in [0, 0.05) is 15.5 Å². The van der Waals surface area contributed by atoms with Crippen molar-refractivity contribution in [3.05, 3.63) is 88.3 Å². The number of hydrogen-bond donors (Lipinski definition) is 0. The van der Waals surface area contributed by atoms with E-state index in [1.54, 1.807) is 18.0 Å². The second-order valence-corrected chi connectivity index (χ2v) is 8.37. The molecule has 0 saturated heterocycles. The molecule has 6 rings (SSSR count). The standard InChI is InChI=1S/C22H15ClN2OS/c23-14-8-10-17-19(12-14)27-22-24-20-15-5-2-1-4-13(15)7-9-16(20)21(25(17)22)18-6-3-11-26-18/h1-6,8,10-12,21H,7,9H2. The topological polar surface area (TPSA) is 28.7 Å². The molecule has 2 aliphatic heterocycles. The predicted octanol–water partition coefficient (Wildman–Crippen LogP) is 6.31. The van der Waals surface area contributed by atoms with E-state index in [0.29, 0.717) is 0 Å². The molecule has 1 aliphatic carbocycles. The van der Waals surface area contributed by atoms with Crippen molar-refractivity contribution in [2.24, 2.45) is 4.99 Å². The highest BCUT2D eigenvalue weighted by molar-refractivity contribution is 8.14. The van der Waals surface area contributed by atoms with Gasteiger partial charge in [0.15, 0.2) is 5.17 Å². The van der Waals surface area contributed by atoms with Crippen molar-refractivity contribution < 1.29 is 4.42 Å². The molecular formula is C22H15ClN2OS. The minimum Gasteiger partial charge on any atom is -0.467 e. The third kappa shape index (κ3) is 2.27. The van der Waals surface area contributed by atoms with Gasteiger partial charge >= 0.3 is 0 Å². The number of aliphatic imine (C=N–C) groups is 1. The second-order valence-electron chi connectivity index (χ2n) is 6.93. The van der Waals surface area contributed by atoms with Crippen LogP contribution in [-0.2, 0) is 6.42 Å². The van der Waals surface area contributed by atoms with E-state index in [-0.39, 0.29) is 6.04 Å². The van der Waals surface area contributed by atoms with E-state index in [0.717, 1.165) is 45.1 Å². The maximum atomic E-state index is 6.24. The molecule has 132 valence electrons. The van der Waals surface area contributed by atoms with Gasteiger partial charge in [0.05, 0.1) is 17.6 Å². The molecule has 1 atom stereocenters. The molecule has 0 saturated carbocycles. The number of aryl methyl sites for hydroxylation is 1. The van der Waals surface area contributed by atoms with Gasteiger partial charge in [-0.1, -0.05) is 35.9 Å². The van der Waals surface area contributed by atoms with Crippen LogP contribution in [0.4, 0.5) is 5.69 Å². The van der Waals surface area contributed by atoms with E-state index in [1.807, 2.05) is 18.2 Å². The third-order valence-corrected chi connectivity index (χ3v) is 6.69. The fourth-order valence-corrected chi connectivity index (χ4v) is 5.60. The highest BCUT2D eigenvalue weighted by Gasteiger charge is 2.42. The lowest BCUT2D eigenvalue weighted by Gasteiger charge is -2.37. The summed E-state index contributed by atoms with van der Waals surface area (Å²) in [4.78, 5) is 8.56. The van der Waals surface area contributed by atoms with Gasteiger partial charge < -0.3 is 9.32 Å². The van der Waals surface area contributed by atoms with Crippen molar-refractivity contribution in [2.45, 2.75) is 23.8 Å². The number of halogens is 1. The van der Waals surface area contributed by atoms with Crippen LogP contribution in [0.3, 0.4) is 0 Å². The Labute approximate surface area is 166 Å². The van der Waals surface area contributed by atoms with Gasteiger partial charge in [-0.15, -0.1) is 0 Å². The molecule has 0 spiro atoms. The first kappa shape index (κ1) is 15.6. The maximum Gasteiger partial charge on any atom is 0.174 e. The van der Waals surface area contributed by atoms with E-state index in [4.69, 9.17) is 21.0 Å². The molecule has 3 nitrogen and oxygen atoms in total. The van der Waals surface area contributed by atoms with Gasteiger partial charge in [-0.05, 0) is 66.1 Å². The Kier molecular flexibility index (Phi) is 3.34. The van der Waals surface area contributed by atoms with E-state index in [9.17, 15) is 0 Å². The summed E-state index contributed by atoms with van der Waals surface area (Å²) in [6, 6.07) is 18.7. The Morgan fingerprint density at radius 3 is 2.89 bits per heavy atom. The van der Waals surface area contributed by atoms with Crippen molar-refractivity contribution in [1.82, 2.24) is 0 Å². The summed E-state index contributed by atoms with van der Waals surface area (Å²) >= 11 is 7.93. The first-order valence-corrected chi connectivity index (χ1v) is 10.2. The number of furan rings is 1. The zero-order chi connectivity index (χ0) is 18.0. The maximum absolute atomic E-state index is 6.24. The molecule has 3 aromatic rings. The Morgan fingerprint density at radius 2 is 2.00 bits per heavy atom. The van der Waals surface area contributed by atoms with Crippen LogP contribution in [0, 0.1) is 0 Å². The lowest BCUT2D eigenvalue weighted by molar-refractivity contribution is 0.480. The van der Waals surface area contributed by atoms with Crippen LogP contribution in [0.25, 0.3) is 5.70 Å². The van der Waals surface area contributed by atoms with E-state index < -0.39 is 0 Å². The first-order chi connectivity index (χ1) is 13.3. The first-order valence-electron chi connectivity index (χ1n) is 8.99.